The van der Waals surface area contributed by atoms with Crippen molar-refractivity contribution in [3.8, 4) is 5.75 Å². The maximum absolute atomic E-state index is 10.7. The normalized spacial score (nSPS) is 9.88. The fraction of sp³-hybridized carbons (Fsp3) is 0.400. The molecule has 16 heavy (non-hydrogen) atoms. The number of ether oxygens (including phenoxy) is 1. The maximum Gasteiger partial charge on any atom is 0.275 e. The van der Waals surface area contributed by atoms with Crippen molar-refractivity contribution < 1.29 is 9.66 Å². The molecule has 0 aliphatic rings. The van der Waals surface area contributed by atoms with Gasteiger partial charge in [-0.3, -0.25) is 10.1 Å². The summed E-state index contributed by atoms with van der Waals surface area (Å²) in [4.78, 5) is 10.2. The molecule has 88 valence electrons. The monoisotopic (exact) mass is 225 g/mol. The smallest absolute Gasteiger partial charge is 0.275 e. The zero-order chi connectivity index (χ0) is 12.0. The van der Waals surface area contributed by atoms with Crippen LogP contribution in [0.2, 0.25) is 0 Å². The lowest BCUT2D eigenvalue weighted by atomic mass is 10.2. The van der Waals surface area contributed by atoms with Crippen molar-refractivity contribution >= 4 is 11.4 Å². The Morgan fingerprint density at radius 3 is 2.69 bits per heavy atom. The van der Waals surface area contributed by atoms with Gasteiger partial charge in [-0.25, -0.2) is 0 Å². The van der Waals surface area contributed by atoms with E-state index in [1.807, 2.05) is 7.05 Å². The molecule has 0 radical (unpaired) electrons. The third-order valence-electron chi connectivity index (χ3n) is 2.04. The van der Waals surface area contributed by atoms with E-state index in [0.29, 0.717) is 18.0 Å². The molecule has 1 aromatic carbocycles. The molecule has 0 saturated heterocycles. The first kappa shape index (κ1) is 12.3. The Kier molecular flexibility index (Phi) is 4.53. The van der Waals surface area contributed by atoms with Crippen LogP contribution in [0.5, 0.6) is 5.75 Å². The Hall–Kier alpha value is -1.82. The molecule has 0 heterocycles. The first-order chi connectivity index (χ1) is 7.67. The van der Waals surface area contributed by atoms with Gasteiger partial charge in [-0.15, -0.1) is 0 Å². The molecule has 0 saturated carbocycles. The van der Waals surface area contributed by atoms with Gasteiger partial charge in [0.2, 0.25) is 0 Å². The van der Waals surface area contributed by atoms with Crippen LogP contribution in [-0.4, -0.2) is 32.2 Å². The summed E-state index contributed by atoms with van der Waals surface area (Å²) in [7, 11) is 3.33. The Morgan fingerprint density at radius 2 is 2.12 bits per heavy atom. The number of nitro groups is 1. The zero-order valence-electron chi connectivity index (χ0n) is 9.32. The third-order valence-corrected chi connectivity index (χ3v) is 2.04. The summed E-state index contributed by atoms with van der Waals surface area (Å²) in [6.45, 7) is 1.48. The summed E-state index contributed by atoms with van der Waals surface area (Å²) in [5.74, 6) is 0.473. The molecule has 1 aromatic rings. The number of hydrogen-bond donors (Lipinski definition) is 2. The maximum atomic E-state index is 10.7. The molecule has 6 heteroatoms. The van der Waals surface area contributed by atoms with Crippen LogP contribution < -0.4 is 15.4 Å². The van der Waals surface area contributed by atoms with Gasteiger partial charge in [0.15, 0.2) is 0 Å². The predicted octanol–water partition coefficient (Wildman–Crippen LogP) is 1.23. The number of hydrogen-bond acceptors (Lipinski definition) is 5. The average Bonchev–Trinajstić information content (AvgIpc) is 2.29. The number of benzene rings is 1. The molecular formula is C10H15N3O3. The van der Waals surface area contributed by atoms with E-state index in [4.69, 9.17) is 4.74 Å². The molecule has 0 aromatic heterocycles. The van der Waals surface area contributed by atoms with E-state index in [9.17, 15) is 10.1 Å². The van der Waals surface area contributed by atoms with Crippen molar-refractivity contribution in [1.29, 1.82) is 0 Å². The quantitative estimate of drug-likeness (QED) is 0.432. The minimum Gasteiger partial charge on any atom is -0.496 e. The van der Waals surface area contributed by atoms with Crippen LogP contribution in [0.1, 0.15) is 0 Å². The van der Waals surface area contributed by atoms with Crippen LogP contribution in [-0.2, 0) is 0 Å². The lowest BCUT2D eigenvalue weighted by Gasteiger charge is -2.07. The lowest BCUT2D eigenvalue weighted by molar-refractivity contribution is -0.384. The molecule has 0 aliphatic carbocycles. The summed E-state index contributed by atoms with van der Waals surface area (Å²) in [6.07, 6.45) is 0. The summed E-state index contributed by atoms with van der Waals surface area (Å²) in [5, 5.41) is 16.7. The number of nitrogens with zero attached hydrogens (tertiary/aromatic N) is 1. The van der Waals surface area contributed by atoms with Crippen molar-refractivity contribution in [1.82, 2.24) is 5.32 Å². The van der Waals surface area contributed by atoms with Gasteiger partial charge in [0, 0.05) is 30.9 Å². The number of nitrogens with one attached hydrogen (secondary N) is 2. The van der Waals surface area contributed by atoms with Crippen LogP contribution in [0.15, 0.2) is 18.2 Å². The van der Waals surface area contributed by atoms with Crippen LogP contribution in [0, 0.1) is 10.1 Å². The molecule has 0 unspecified atom stereocenters. The number of rotatable bonds is 6. The molecular weight excluding hydrogens is 210 g/mol. The average molecular weight is 225 g/mol. The molecule has 0 amide bonds. The second kappa shape index (κ2) is 5.92. The second-order valence-corrected chi connectivity index (χ2v) is 3.21. The van der Waals surface area contributed by atoms with E-state index in [1.54, 1.807) is 6.07 Å². The van der Waals surface area contributed by atoms with E-state index < -0.39 is 4.92 Å². The van der Waals surface area contributed by atoms with Crippen LogP contribution in [0.25, 0.3) is 0 Å². The SMILES string of the molecule is CNCCNc1cc(OC)cc([N+](=O)[O-])c1. The molecule has 6 nitrogen and oxygen atoms in total. The molecule has 2 N–H and O–H groups in total. The fourth-order valence-corrected chi connectivity index (χ4v) is 1.24. The van der Waals surface area contributed by atoms with Gasteiger partial charge < -0.3 is 15.4 Å². The molecule has 0 spiro atoms. The van der Waals surface area contributed by atoms with Crippen molar-refractivity contribution in [3.05, 3.63) is 28.3 Å². The highest BCUT2D eigenvalue weighted by Crippen LogP contribution is 2.25. The molecule has 0 bridgehead atoms. The van der Waals surface area contributed by atoms with E-state index in [-0.39, 0.29) is 5.69 Å². The van der Waals surface area contributed by atoms with E-state index in [0.717, 1.165) is 6.54 Å². The predicted molar refractivity (Wildman–Crippen MR) is 62.1 cm³/mol. The first-order valence-corrected chi connectivity index (χ1v) is 4.89. The van der Waals surface area contributed by atoms with Crippen LogP contribution in [0.4, 0.5) is 11.4 Å². The van der Waals surface area contributed by atoms with Gasteiger partial charge in [0.1, 0.15) is 5.75 Å². The Labute approximate surface area is 93.8 Å². The summed E-state index contributed by atoms with van der Waals surface area (Å²) < 4.78 is 4.99. The summed E-state index contributed by atoms with van der Waals surface area (Å²) in [6, 6.07) is 4.60. The lowest BCUT2D eigenvalue weighted by Crippen LogP contribution is -2.17. The van der Waals surface area contributed by atoms with Gasteiger partial charge in [-0.05, 0) is 7.05 Å². The van der Waals surface area contributed by atoms with Gasteiger partial charge in [-0.2, -0.15) is 0 Å². The Bertz CT molecular complexity index is 368. The largest absolute Gasteiger partial charge is 0.496 e. The Morgan fingerprint density at radius 1 is 1.38 bits per heavy atom. The van der Waals surface area contributed by atoms with E-state index >= 15 is 0 Å². The third kappa shape index (κ3) is 3.39. The molecule has 0 atom stereocenters. The molecule has 1 rings (SSSR count). The van der Waals surface area contributed by atoms with Crippen molar-refractivity contribution in [2.45, 2.75) is 0 Å². The fourth-order valence-electron chi connectivity index (χ4n) is 1.24. The van der Waals surface area contributed by atoms with Gasteiger partial charge in [-0.1, -0.05) is 0 Å². The minimum atomic E-state index is -0.439. The number of nitro benzene ring substituents is 1. The first-order valence-electron chi connectivity index (χ1n) is 4.89. The summed E-state index contributed by atoms with van der Waals surface area (Å²) >= 11 is 0. The van der Waals surface area contributed by atoms with Crippen LogP contribution in [0.3, 0.4) is 0 Å². The van der Waals surface area contributed by atoms with E-state index in [2.05, 4.69) is 10.6 Å². The summed E-state index contributed by atoms with van der Waals surface area (Å²) in [5.41, 5.74) is 0.701. The zero-order valence-corrected chi connectivity index (χ0v) is 9.32. The molecule has 0 fully saturated rings. The van der Waals surface area contributed by atoms with E-state index in [1.165, 1.54) is 19.2 Å². The number of anilines is 1. The van der Waals surface area contributed by atoms with Gasteiger partial charge >= 0.3 is 0 Å². The number of likely N-dealkylation sites (N-methyl/N-ethyl adjacent to an activating group) is 1. The van der Waals surface area contributed by atoms with Crippen molar-refractivity contribution in [3.63, 3.8) is 0 Å². The number of methoxy groups -OCH3 is 1. The highest BCUT2D eigenvalue weighted by Gasteiger charge is 2.09. The molecule has 0 aliphatic heterocycles. The van der Waals surface area contributed by atoms with Crippen LogP contribution >= 0.6 is 0 Å². The number of non-ortho nitro benzene ring substituents is 1. The topological polar surface area (TPSA) is 76.4 Å². The van der Waals surface area contributed by atoms with Gasteiger partial charge in [0.25, 0.3) is 5.69 Å². The second-order valence-electron chi connectivity index (χ2n) is 3.21. The highest BCUT2D eigenvalue weighted by molar-refractivity contribution is 5.56. The van der Waals surface area contributed by atoms with Crippen molar-refractivity contribution in [2.75, 3.05) is 32.6 Å². The minimum absolute atomic E-state index is 0.0197. The van der Waals surface area contributed by atoms with Crippen molar-refractivity contribution in [2.24, 2.45) is 0 Å². The highest BCUT2D eigenvalue weighted by atomic mass is 16.6. The standard InChI is InChI=1S/C10H15N3O3/c1-11-3-4-12-8-5-9(13(14)15)7-10(6-8)16-2/h5-7,11-12H,3-4H2,1-2H3. The Balaban J connectivity index is 2.82. The van der Waals surface area contributed by atoms with Gasteiger partial charge in [0.05, 0.1) is 18.1 Å².